The Balaban J connectivity index is 2.16. The molecular weight excluding hydrogens is 379 g/mol. The lowest BCUT2D eigenvalue weighted by Crippen LogP contribution is -2.52. The third-order valence-corrected chi connectivity index (χ3v) is 4.26. The first-order valence-corrected chi connectivity index (χ1v) is 8.96. The van der Waals surface area contributed by atoms with Crippen LogP contribution in [0.5, 0.6) is 5.75 Å². The number of hydrogen-bond donors (Lipinski definition) is 3. The van der Waals surface area contributed by atoms with Gasteiger partial charge in [0.15, 0.2) is 0 Å². The maximum Gasteiger partial charge on any atom is 0.326 e. The molecule has 2 rings (SSSR count). The molecule has 29 heavy (non-hydrogen) atoms. The molecule has 0 aliphatic heterocycles. The largest absolute Gasteiger partial charge is 0.497 e. The van der Waals surface area contributed by atoms with E-state index in [1.807, 2.05) is 0 Å². The van der Waals surface area contributed by atoms with Gasteiger partial charge in [0.1, 0.15) is 23.7 Å². The van der Waals surface area contributed by atoms with Crippen molar-refractivity contribution in [2.24, 2.45) is 0 Å². The summed E-state index contributed by atoms with van der Waals surface area (Å²) >= 11 is 0. The van der Waals surface area contributed by atoms with Gasteiger partial charge in [-0.25, -0.2) is 9.18 Å². The molecule has 0 unspecified atom stereocenters. The Morgan fingerprint density at radius 1 is 1.03 bits per heavy atom. The Hall–Kier alpha value is -3.42. The summed E-state index contributed by atoms with van der Waals surface area (Å²) in [6.07, 6.45) is -0.0889. The molecule has 3 N–H and O–H groups in total. The van der Waals surface area contributed by atoms with E-state index in [0.29, 0.717) is 11.3 Å². The third kappa shape index (κ3) is 6.60. The van der Waals surface area contributed by atoms with Crippen molar-refractivity contribution in [3.05, 3.63) is 65.5 Å². The zero-order valence-corrected chi connectivity index (χ0v) is 16.1. The molecule has 0 fully saturated rings. The predicted octanol–water partition coefficient (Wildman–Crippen LogP) is 1.69. The molecule has 2 amide bonds. The number of hydrogen-bond acceptors (Lipinski definition) is 4. The van der Waals surface area contributed by atoms with Crippen LogP contribution in [0.15, 0.2) is 48.5 Å². The number of benzene rings is 2. The van der Waals surface area contributed by atoms with Crippen molar-refractivity contribution in [2.75, 3.05) is 7.11 Å². The number of ether oxygens (including phenoxy) is 1. The Bertz CT molecular complexity index is 887. The molecule has 0 heterocycles. The Kier molecular flexibility index (Phi) is 7.70. The maximum atomic E-state index is 14.0. The summed E-state index contributed by atoms with van der Waals surface area (Å²) in [7, 11) is 1.50. The molecule has 0 bridgehead atoms. The lowest BCUT2D eigenvalue weighted by atomic mass is 10.0. The Labute approximate surface area is 167 Å². The zero-order chi connectivity index (χ0) is 21.4. The first-order chi connectivity index (χ1) is 13.8. The van der Waals surface area contributed by atoms with Gasteiger partial charge in [-0.2, -0.15) is 0 Å². The van der Waals surface area contributed by atoms with E-state index in [2.05, 4.69) is 10.6 Å². The fourth-order valence-electron chi connectivity index (χ4n) is 2.85. The smallest absolute Gasteiger partial charge is 0.326 e. The normalized spacial score (nSPS) is 12.5. The summed E-state index contributed by atoms with van der Waals surface area (Å²) in [5.74, 6) is -2.37. The van der Waals surface area contributed by atoms with Gasteiger partial charge < -0.3 is 20.5 Å². The van der Waals surface area contributed by atoms with Crippen LogP contribution < -0.4 is 15.4 Å². The molecule has 154 valence electrons. The number of carboxylic acid groups (broad SMARTS) is 1. The van der Waals surface area contributed by atoms with Gasteiger partial charge in [0, 0.05) is 19.8 Å². The van der Waals surface area contributed by atoms with Crippen molar-refractivity contribution in [3.8, 4) is 5.75 Å². The van der Waals surface area contributed by atoms with Gasteiger partial charge in [0.05, 0.1) is 7.11 Å². The van der Waals surface area contributed by atoms with E-state index in [9.17, 15) is 23.9 Å². The van der Waals surface area contributed by atoms with Gasteiger partial charge in [-0.15, -0.1) is 0 Å². The second-order valence-corrected chi connectivity index (χ2v) is 6.50. The molecule has 2 aromatic carbocycles. The maximum absolute atomic E-state index is 14.0. The number of aliphatic carboxylic acids is 1. The van der Waals surface area contributed by atoms with Crippen LogP contribution in [0.2, 0.25) is 0 Å². The number of carbonyl (C=O) groups excluding carboxylic acids is 2. The minimum atomic E-state index is -1.23. The minimum Gasteiger partial charge on any atom is -0.497 e. The Morgan fingerprint density at radius 2 is 1.76 bits per heavy atom. The van der Waals surface area contributed by atoms with Gasteiger partial charge in [-0.1, -0.05) is 30.3 Å². The highest BCUT2D eigenvalue weighted by atomic mass is 19.1. The number of amides is 2. The molecular formula is C21H23FN2O5. The third-order valence-electron chi connectivity index (χ3n) is 4.26. The first-order valence-electron chi connectivity index (χ1n) is 8.96. The van der Waals surface area contributed by atoms with Gasteiger partial charge in [0.25, 0.3) is 0 Å². The van der Waals surface area contributed by atoms with Crippen LogP contribution in [0.1, 0.15) is 18.1 Å². The predicted molar refractivity (Wildman–Crippen MR) is 104 cm³/mol. The van der Waals surface area contributed by atoms with Crippen LogP contribution in [0.4, 0.5) is 4.39 Å². The number of rotatable bonds is 9. The average molecular weight is 402 g/mol. The van der Waals surface area contributed by atoms with E-state index in [1.165, 1.54) is 32.2 Å². The van der Waals surface area contributed by atoms with E-state index in [0.717, 1.165) is 0 Å². The van der Waals surface area contributed by atoms with Crippen LogP contribution in [0.25, 0.3) is 0 Å². The highest BCUT2D eigenvalue weighted by Gasteiger charge is 2.27. The standard InChI is InChI=1S/C21H23FN2O5/c1-13(25)23-18(12-15-7-3-4-9-17(15)22)20(26)24-19(21(27)28)11-14-6-5-8-16(10-14)29-2/h3-10,18-19H,11-12H2,1-2H3,(H,23,25)(H,24,26)(H,27,28)/t18-,19-/m1/s1. The molecule has 0 aliphatic rings. The summed E-state index contributed by atoms with van der Waals surface area (Å²) < 4.78 is 19.1. The van der Waals surface area contributed by atoms with Gasteiger partial charge in [-0.3, -0.25) is 9.59 Å². The zero-order valence-electron chi connectivity index (χ0n) is 16.1. The van der Waals surface area contributed by atoms with Crippen LogP contribution in [0.3, 0.4) is 0 Å². The SMILES string of the molecule is COc1cccc(C[C@@H](NC(=O)[C@@H](Cc2ccccc2F)NC(C)=O)C(=O)O)c1. The molecule has 8 heteroatoms. The summed E-state index contributed by atoms with van der Waals surface area (Å²) in [6, 6.07) is 10.4. The second kappa shape index (κ2) is 10.2. The van der Waals surface area contributed by atoms with Crippen molar-refractivity contribution in [1.82, 2.24) is 10.6 Å². The number of halogens is 1. The van der Waals surface area contributed by atoms with Crippen LogP contribution in [0, 0.1) is 5.82 Å². The fraction of sp³-hybridized carbons (Fsp3) is 0.286. The molecule has 0 aromatic heterocycles. The van der Waals surface area contributed by atoms with Crippen molar-refractivity contribution < 1.29 is 28.6 Å². The summed E-state index contributed by atoms with van der Waals surface area (Å²) in [6.45, 7) is 1.23. The highest BCUT2D eigenvalue weighted by Crippen LogP contribution is 2.15. The molecule has 2 atom stereocenters. The monoisotopic (exact) mass is 402 g/mol. The molecule has 0 aliphatic carbocycles. The second-order valence-electron chi connectivity index (χ2n) is 6.50. The average Bonchev–Trinajstić information content (AvgIpc) is 2.68. The molecule has 0 saturated heterocycles. The number of methoxy groups -OCH3 is 1. The molecule has 2 aromatic rings. The van der Waals surface area contributed by atoms with Gasteiger partial charge in [-0.05, 0) is 29.3 Å². The fourth-order valence-corrected chi connectivity index (χ4v) is 2.85. The van der Waals surface area contributed by atoms with Crippen molar-refractivity contribution in [3.63, 3.8) is 0 Å². The topological polar surface area (TPSA) is 105 Å². The minimum absolute atomic E-state index is 0.0186. The number of carboxylic acids is 1. The number of nitrogens with one attached hydrogen (secondary N) is 2. The lowest BCUT2D eigenvalue weighted by molar-refractivity contribution is -0.142. The van der Waals surface area contributed by atoms with E-state index in [1.54, 1.807) is 30.3 Å². The van der Waals surface area contributed by atoms with Crippen LogP contribution >= 0.6 is 0 Å². The Morgan fingerprint density at radius 3 is 2.38 bits per heavy atom. The van der Waals surface area contributed by atoms with E-state index in [-0.39, 0.29) is 18.4 Å². The molecule has 0 spiro atoms. The number of carbonyl (C=O) groups is 3. The van der Waals surface area contributed by atoms with E-state index < -0.39 is 35.7 Å². The van der Waals surface area contributed by atoms with Gasteiger partial charge in [0.2, 0.25) is 11.8 Å². The summed E-state index contributed by atoms with van der Waals surface area (Å²) in [5.41, 5.74) is 0.892. The molecule has 0 saturated carbocycles. The molecule has 0 radical (unpaired) electrons. The summed E-state index contributed by atoms with van der Waals surface area (Å²) in [4.78, 5) is 35.8. The van der Waals surface area contributed by atoms with Crippen molar-refractivity contribution >= 4 is 17.8 Å². The van der Waals surface area contributed by atoms with Crippen molar-refractivity contribution in [2.45, 2.75) is 31.8 Å². The van der Waals surface area contributed by atoms with Gasteiger partial charge >= 0.3 is 5.97 Å². The first kappa shape index (κ1) is 21.9. The lowest BCUT2D eigenvalue weighted by Gasteiger charge is -2.21. The van der Waals surface area contributed by atoms with E-state index >= 15 is 0 Å². The van der Waals surface area contributed by atoms with E-state index in [4.69, 9.17) is 4.74 Å². The van der Waals surface area contributed by atoms with Crippen molar-refractivity contribution in [1.29, 1.82) is 0 Å². The molecule has 7 nitrogen and oxygen atoms in total. The summed E-state index contributed by atoms with van der Waals surface area (Å²) in [5, 5.41) is 14.4. The highest BCUT2D eigenvalue weighted by molar-refractivity contribution is 5.90. The van der Waals surface area contributed by atoms with Crippen LogP contribution in [-0.2, 0) is 27.2 Å². The quantitative estimate of drug-likeness (QED) is 0.592. The van der Waals surface area contributed by atoms with Crippen LogP contribution in [-0.4, -0.2) is 42.1 Å².